The summed E-state index contributed by atoms with van der Waals surface area (Å²) in [6.07, 6.45) is 5.76. The first-order valence-electron chi connectivity index (χ1n) is 6.72. The van der Waals surface area contributed by atoms with E-state index in [9.17, 15) is 26.8 Å². The van der Waals surface area contributed by atoms with Crippen molar-refractivity contribution in [2.75, 3.05) is 13.1 Å². The summed E-state index contributed by atoms with van der Waals surface area (Å²) in [5.41, 5.74) is 0. The summed E-state index contributed by atoms with van der Waals surface area (Å²) in [5, 5.41) is -0.747. The van der Waals surface area contributed by atoms with E-state index in [1.807, 2.05) is 6.08 Å². The van der Waals surface area contributed by atoms with Crippen LogP contribution in [0.5, 0.6) is 0 Å². The number of hydrogen-bond donors (Lipinski definition) is 3. The molecule has 0 spiro atoms. The number of fused-ring (bicyclic) bond motifs is 2. The SMILES string of the molecule is O=C(NCCNC(=O)C(F)(F)S(=O)(=O)O)C1CC2C=CC1C2. The van der Waals surface area contributed by atoms with Gasteiger partial charge < -0.3 is 10.6 Å². The molecule has 2 aliphatic rings. The fourth-order valence-corrected chi connectivity index (χ4v) is 3.10. The van der Waals surface area contributed by atoms with Crippen molar-refractivity contribution in [3.05, 3.63) is 12.2 Å². The van der Waals surface area contributed by atoms with Crippen LogP contribution in [-0.4, -0.2) is 43.1 Å². The Hall–Kier alpha value is -1.55. The van der Waals surface area contributed by atoms with Gasteiger partial charge in [0.05, 0.1) is 0 Å². The van der Waals surface area contributed by atoms with Crippen LogP contribution in [0.4, 0.5) is 8.78 Å². The number of rotatable bonds is 6. The van der Waals surface area contributed by atoms with Crippen molar-refractivity contribution in [1.29, 1.82) is 0 Å². The lowest BCUT2D eigenvalue weighted by Gasteiger charge is -2.18. The molecule has 2 rings (SSSR count). The van der Waals surface area contributed by atoms with E-state index in [0.717, 1.165) is 12.8 Å². The first kappa shape index (κ1) is 16.8. The van der Waals surface area contributed by atoms with E-state index in [2.05, 4.69) is 11.4 Å². The van der Waals surface area contributed by atoms with Gasteiger partial charge in [0.25, 0.3) is 0 Å². The highest BCUT2D eigenvalue weighted by molar-refractivity contribution is 7.87. The Kier molecular flexibility index (Phi) is 4.52. The fraction of sp³-hybridized carbons (Fsp3) is 0.667. The van der Waals surface area contributed by atoms with Crippen molar-refractivity contribution >= 4 is 21.9 Å². The lowest BCUT2D eigenvalue weighted by atomic mass is 9.93. The Labute approximate surface area is 125 Å². The number of alkyl halides is 2. The summed E-state index contributed by atoms with van der Waals surface area (Å²) < 4.78 is 54.8. The maximum absolute atomic E-state index is 12.9. The lowest BCUT2D eigenvalue weighted by molar-refractivity contribution is -0.136. The number of carbonyl (C=O) groups is 2. The molecular formula is C12H16F2N2O5S. The Bertz CT molecular complexity index is 605. The van der Waals surface area contributed by atoms with Gasteiger partial charge in [-0.25, -0.2) is 0 Å². The number of amides is 2. The van der Waals surface area contributed by atoms with Crippen molar-refractivity contribution in [2.45, 2.75) is 18.1 Å². The van der Waals surface area contributed by atoms with E-state index in [1.165, 1.54) is 0 Å². The van der Waals surface area contributed by atoms with Gasteiger partial charge >= 0.3 is 21.3 Å². The van der Waals surface area contributed by atoms with Crippen molar-refractivity contribution in [3.63, 3.8) is 0 Å². The summed E-state index contributed by atoms with van der Waals surface area (Å²) in [6.45, 7) is -0.476. The number of nitrogens with one attached hydrogen (secondary N) is 2. The molecule has 3 atom stereocenters. The zero-order chi connectivity index (χ0) is 16.5. The van der Waals surface area contributed by atoms with Gasteiger partial charge in [-0.05, 0) is 24.7 Å². The summed E-state index contributed by atoms with van der Waals surface area (Å²) >= 11 is 0. The molecule has 3 unspecified atom stereocenters. The van der Waals surface area contributed by atoms with E-state index in [-0.39, 0.29) is 30.8 Å². The first-order chi connectivity index (χ1) is 10.1. The van der Waals surface area contributed by atoms with Crippen molar-refractivity contribution in [3.8, 4) is 0 Å². The van der Waals surface area contributed by atoms with Crippen LogP contribution in [0.25, 0.3) is 0 Å². The Morgan fingerprint density at radius 1 is 1.18 bits per heavy atom. The van der Waals surface area contributed by atoms with Gasteiger partial charge in [-0.3, -0.25) is 14.1 Å². The molecule has 22 heavy (non-hydrogen) atoms. The van der Waals surface area contributed by atoms with Crippen LogP contribution in [0.2, 0.25) is 0 Å². The third kappa shape index (κ3) is 3.27. The monoisotopic (exact) mass is 338 g/mol. The van der Waals surface area contributed by atoms with Crippen LogP contribution >= 0.6 is 0 Å². The molecule has 1 fully saturated rings. The highest BCUT2D eigenvalue weighted by atomic mass is 32.2. The highest BCUT2D eigenvalue weighted by Crippen LogP contribution is 2.43. The standard InChI is InChI=1S/C12H16F2N2O5S/c13-12(14,22(19,20)21)11(18)16-4-3-15-10(17)9-6-7-1-2-8(9)5-7/h1-2,7-9H,3-6H2,(H,15,17)(H,16,18)(H,19,20,21). The average Bonchev–Trinajstić information content (AvgIpc) is 3.04. The van der Waals surface area contributed by atoms with Crippen LogP contribution in [0.15, 0.2) is 12.2 Å². The van der Waals surface area contributed by atoms with Gasteiger partial charge in [0.2, 0.25) is 5.91 Å². The zero-order valence-corrected chi connectivity index (χ0v) is 12.3. The van der Waals surface area contributed by atoms with Crippen LogP contribution < -0.4 is 10.6 Å². The minimum absolute atomic E-state index is 0.107. The molecule has 0 aliphatic heterocycles. The molecule has 2 aliphatic carbocycles. The normalized spacial score (nSPS) is 27.0. The number of carbonyl (C=O) groups excluding carboxylic acids is 2. The second-order valence-corrected chi connectivity index (χ2v) is 6.89. The fourth-order valence-electron chi connectivity index (χ4n) is 2.80. The molecule has 1 saturated carbocycles. The molecule has 0 saturated heterocycles. The third-order valence-corrected chi connectivity index (χ3v) is 4.75. The lowest BCUT2D eigenvalue weighted by Crippen LogP contribution is -2.48. The largest absolute Gasteiger partial charge is 0.446 e. The van der Waals surface area contributed by atoms with E-state index in [1.54, 1.807) is 5.32 Å². The Balaban J connectivity index is 1.72. The predicted octanol–water partition coefficient (Wildman–Crippen LogP) is -0.0884. The molecule has 7 nitrogen and oxygen atoms in total. The smallest absolute Gasteiger partial charge is 0.354 e. The maximum Gasteiger partial charge on any atom is 0.446 e. The van der Waals surface area contributed by atoms with E-state index < -0.39 is 21.3 Å². The highest BCUT2D eigenvalue weighted by Gasteiger charge is 2.52. The summed E-state index contributed by atoms with van der Waals surface area (Å²) in [7, 11) is -5.81. The molecule has 0 aromatic rings. The molecule has 2 bridgehead atoms. The molecule has 0 aromatic carbocycles. The van der Waals surface area contributed by atoms with Gasteiger partial charge in [0.1, 0.15) is 0 Å². The van der Waals surface area contributed by atoms with Crippen LogP contribution in [0, 0.1) is 17.8 Å². The molecule has 2 amide bonds. The molecule has 0 aromatic heterocycles. The van der Waals surface area contributed by atoms with E-state index >= 15 is 0 Å². The van der Waals surface area contributed by atoms with Gasteiger partial charge in [0.15, 0.2) is 0 Å². The van der Waals surface area contributed by atoms with Crippen LogP contribution in [0.1, 0.15) is 12.8 Å². The van der Waals surface area contributed by atoms with Gasteiger partial charge in [-0.2, -0.15) is 17.2 Å². The Morgan fingerprint density at radius 3 is 2.32 bits per heavy atom. The molecular weight excluding hydrogens is 322 g/mol. The summed E-state index contributed by atoms with van der Waals surface area (Å²) in [4.78, 5) is 22.9. The van der Waals surface area contributed by atoms with Crippen molar-refractivity contribution in [2.24, 2.45) is 17.8 Å². The molecule has 3 N–H and O–H groups in total. The predicted molar refractivity (Wildman–Crippen MR) is 71.4 cm³/mol. The van der Waals surface area contributed by atoms with E-state index in [0.29, 0.717) is 5.92 Å². The first-order valence-corrected chi connectivity index (χ1v) is 8.16. The van der Waals surface area contributed by atoms with Gasteiger partial charge in [-0.15, -0.1) is 0 Å². The van der Waals surface area contributed by atoms with Crippen LogP contribution in [0.3, 0.4) is 0 Å². The number of halogens is 2. The second-order valence-electron chi connectivity index (χ2n) is 5.43. The Morgan fingerprint density at radius 2 is 1.82 bits per heavy atom. The van der Waals surface area contributed by atoms with Crippen molar-refractivity contribution in [1.82, 2.24) is 10.6 Å². The van der Waals surface area contributed by atoms with Crippen molar-refractivity contribution < 1.29 is 31.3 Å². The molecule has 0 radical (unpaired) electrons. The average molecular weight is 338 g/mol. The van der Waals surface area contributed by atoms with E-state index in [4.69, 9.17) is 4.55 Å². The molecule has 124 valence electrons. The minimum Gasteiger partial charge on any atom is -0.354 e. The molecule has 0 heterocycles. The summed E-state index contributed by atoms with van der Waals surface area (Å²) in [6, 6.07) is 0. The maximum atomic E-state index is 12.9. The minimum atomic E-state index is -5.81. The second kappa shape index (κ2) is 5.92. The third-order valence-electron chi connectivity index (χ3n) is 3.91. The summed E-state index contributed by atoms with van der Waals surface area (Å²) in [5.74, 6) is -1.89. The van der Waals surface area contributed by atoms with Gasteiger partial charge in [-0.1, -0.05) is 12.2 Å². The zero-order valence-electron chi connectivity index (χ0n) is 11.5. The number of hydrogen-bond acceptors (Lipinski definition) is 4. The quantitative estimate of drug-likeness (QED) is 0.356. The molecule has 10 heteroatoms. The van der Waals surface area contributed by atoms with Crippen LogP contribution in [-0.2, 0) is 19.7 Å². The topological polar surface area (TPSA) is 113 Å². The number of allylic oxidation sites excluding steroid dienone is 2. The van der Waals surface area contributed by atoms with Gasteiger partial charge in [0, 0.05) is 19.0 Å².